The largest absolute Gasteiger partial charge is 0.394 e. The van der Waals surface area contributed by atoms with E-state index in [1.807, 2.05) is 0 Å². The first kappa shape index (κ1) is 74.0. The second-order valence-corrected chi connectivity index (χ2v) is 22.5. The molecule has 0 aliphatic carbocycles. The number of aliphatic hydroxyl groups is 19. The van der Waals surface area contributed by atoms with Gasteiger partial charge in [-0.1, -0.05) is 0 Å². The molecule has 7 aliphatic rings. The zero-order valence-corrected chi connectivity index (χ0v) is 48.6. The first-order valence-corrected chi connectivity index (χ1v) is 28.6. The van der Waals surface area contributed by atoms with E-state index < -0.39 is 285 Å². The van der Waals surface area contributed by atoms with E-state index in [4.69, 9.17) is 61.6 Å². The summed E-state index contributed by atoms with van der Waals surface area (Å²) in [5, 5.41) is 217. The summed E-state index contributed by atoms with van der Waals surface area (Å²) in [5.41, 5.74) is 0. The molecule has 0 radical (unpaired) electrons. The van der Waals surface area contributed by atoms with Crippen LogP contribution in [0.4, 0.5) is 0 Å². The lowest BCUT2D eigenvalue weighted by Gasteiger charge is -2.50. The van der Waals surface area contributed by atoms with Crippen LogP contribution in [0.5, 0.6) is 0 Å². The third-order valence-electron chi connectivity index (χ3n) is 16.1. The highest BCUT2D eigenvalue weighted by atomic mass is 16.8. The molecule has 0 saturated carbocycles. The number of amides is 4. The van der Waals surface area contributed by atoms with Gasteiger partial charge in [0.15, 0.2) is 44.0 Å². The van der Waals surface area contributed by atoms with E-state index in [-0.39, 0.29) is 0 Å². The summed E-state index contributed by atoms with van der Waals surface area (Å²) >= 11 is 0. The lowest BCUT2D eigenvalue weighted by molar-refractivity contribution is -0.378. The molecule has 7 heterocycles. The molecular weight excluding hydrogens is 1230 g/mol. The van der Waals surface area contributed by atoms with Gasteiger partial charge in [0.05, 0.1) is 46.2 Å². The third kappa shape index (κ3) is 16.4. The van der Waals surface area contributed by atoms with E-state index in [9.17, 15) is 116 Å². The first-order chi connectivity index (χ1) is 42.5. The van der Waals surface area contributed by atoms with Crippen molar-refractivity contribution in [3.63, 3.8) is 0 Å². The molecule has 90 heavy (non-hydrogen) atoms. The third-order valence-corrected chi connectivity index (χ3v) is 16.1. The second kappa shape index (κ2) is 32.4. The highest BCUT2D eigenvalue weighted by Gasteiger charge is 2.59. The van der Waals surface area contributed by atoms with Gasteiger partial charge in [0.1, 0.15) is 171 Å². The molecule has 7 rings (SSSR count). The topological polar surface area (TPSA) is 621 Å². The van der Waals surface area contributed by atoms with E-state index in [0.29, 0.717) is 0 Å². The molecule has 35 atom stereocenters. The first-order valence-electron chi connectivity index (χ1n) is 28.6. The molecule has 7 saturated heterocycles. The molecule has 0 spiro atoms. The van der Waals surface area contributed by atoms with Gasteiger partial charge in [0.2, 0.25) is 23.6 Å². The normalized spacial score (nSPS) is 47.6. The molecule has 520 valence electrons. The van der Waals surface area contributed by atoms with Crippen molar-refractivity contribution in [1.82, 2.24) is 21.3 Å². The summed E-state index contributed by atoms with van der Waals surface area (Å²) < 4.78 is 75.0. The molecule has 23 N–H and O–H groups in total. The van der Waals surface area contributed by atoms with Crippen LogP contribution in [0.3, 0.4) is 0 Å². The summed E-state index contributed by atoms with van der Waals surface area (Å²) in [6.07, 6.45) is -59.1. The standard InChI is InChI=1S/C50H84N4O36/c1-12(61)51-23-32(70)27(65)16(5-55)80-46(23)89-42-29(67)18(7-57)82-49(37(42)75)86-39-20(9-59)84-45(25(34(39)72)53-14(3)63)78-11-22-31(69)41(36(74)44(77)79-22)88-48-26(54-15(4)64)35(73)40(21(10-60)85-48)87-50-38(76)43(30(68)19(8-58)83-50)90-47-24(52-13(2)62)33(71)28(66)17(6-56)81-47/h16-50,55-60,65-77H,5-11H2,1-4H3,(H,51,61)(H,52,62)(H,53,63)(H,54,64)/t16-,17-,18-,19-,20-,21-,22-,23-,24-,25-,26-,27-,28-,29+,30+,31+,32-,33-,34-,35-,36-,37-,38-,39-,40-,41+,42+,43+,44?,45-,46+,47+,48+,49+,50+/m1/s1. The highest BCUT2D eigenvalue weighted by Crippen LogP contribution is 2.37. The molecule has 0 aromatic heterocycles. The minimum absolute atomic E-state index is 0.753. The van der Waals surface area contributed by atoms with E-state index in [1.54, 1.807) is 0 Å². The average molecular weight is 1320 g/mol. The van der Waals surface area contributed by atoms with Crippen molar-refractivity contribution < 1.29 is 178 Å². The fraction of sp³-hybridized carbons (Fsp3) is 0.920. The molecule has 0 aromatic carbocycles. The molecular formula is C50H84N4O36. The lowest BCUT2D eigenvalue weighted by Crippen LogP contribution is -2.70. The minimum atomic E-state index is -2.26. The minimum Gasteiger partial charge on any atom is -0.394 e. The Morgan fingerprint density at radius 1 is 0.289 bits per heavy atom. The van der Waals surface area contributed by atoms with Gasteiger partial charge in [0, 0.05) is 27.7 Å². The molecule has 40 heteroatoms. The predicted octanol–water partition coefficient (Wildman–Crippen LogP) is -15.7. The number of aliphatic hydroxyl groups excluding tert-OH is 19. The summed E-state index contributed by atoms with van der Waals surface area (Å²) in [6, 6.07) is -6.73. The Labute approximate surface area is 510 Å². The number of rotatable bonds is 23. The number of carbonyl (C=O) groups excluding carboxylic acids is 4. The number of carbonyl (C=O) groups is 4. The van der Waals surface area contributed by atoms with Crippen molar-refractivity contribution >= 4 is 23.6 Å². The van der Waals surface area contributed by atoms with Gasteiger partial charge in [-0.05, 0) is 0 Å². The summed E-state index contributed by atoms with van der Waals surface area (Å²) in [6.45, 7) is -2.69. The summed E-state index contributed by atoms with van der Waals surface area (Å²) in [5.74, 6) is -3.23. The van der Waals surface area contributed by atoms with Crippen molar-refractivity contribution in [2.75, 3.05) is 46.2 Å². The number of hydrogen-bond acceptors (Lipinski definition) is 36. The van der Waals surface area contributed by atoms with Crippen molar-refractivity contribution in [2.45, 2.75) is 242 Å². The van der Waals surface area contributed by atoms with E-state index in [0.717, 1.165) is 27.7 Å². The van der Waals surface area contributed by atoms with Crippen LogP contribution in [0, 0.1) is 0 Å². The van der Waals surface area contributed by atoms with Crippen LogP contribution in [0.2, 0.25) is 0 Å². The van der Waals surface area contributed by atoms with E-state index in [1.165, 1.54) is 0 Å². The summed E-state index contributed by atoms with van der Waals surface area (Å²) in [7, 11) is 0. The zero-order valence-electron chi connectivity index (χ0n) is 48.6. The van der Waals surface area contributed by atoms with E-state index in [2.05, 4.69) is 21.3 Å². The predicted molar refractivity (Wildman–Crippen MR) is 278 cm³/mol. The van der Waals surface area contributed by atoms with Crippen LogP contribution in [0.15, 0.2) is 0 Å². The van der Waals surface area contributed by atoms with Crippen molar-refractivity contribution in [3.05, 3.63) is 0 Å². The van der Waals surface area contributed by atoms with Crippen LogP contribution in [0.25, 0.3) is 0 Å². The maximum absolute atomic E-state index is 12.7. The molecule has 7 aliphatic heterocycles. The van der Waals surface area contributed by atoms with Gasteiger partial charge < -0.3 is 180 Å². The van der Waals surface area contributed by atoms with Crippen LogP contribution in [-0.2, 0) is 80.8 Å². The van der Waals surface area contributed by atoms with E-state index >= 15 is 0 Å². The fourth-order valence-electron chi connectivity index (χ4n) is 11.5. The van der Waals surface area contributed by atoms with Crippen LogP contribution >= 0.6 is 0 Å². The Kier molecular flexibility index (Phi) is 26.6. The highest BCUT2D eigenvalue weighted by molar-refractivity contribution is 5.74. The van der Waals surface area contributed by atoms with Gasteiger partial charge in [-0.25, -0.2) is 0 Å². The summed E-state index contributed by atoms with van der Waals surface area (Å²) in [4.78, 5) is 49.5. The lowest BCUT2D eigenvalue weighted by atomic mass is 9.94. The van der Waals surface area contributed by atoms with Crippen molar-refractivity contribution in [3.8, 4) is 0 Å². The van der Waals surface area contributed by atoms with Gasteiger partial charge in [0.25, 0.3) is 0 Å². The van der Waals surface area contributed by atoms with Crippen molar-refractivity contribution in [1.29, 1.82) is 0 Å². The Morgan fingerprint density at radius 2 is 0.556 bits per heavy atom. The molecule has 4 amide bonds. The Bertz CT molecular complexity index is 2310. The second-order valence-electron chi connectivity index (χ2n) is 22.5. The van der Waals surface area contributed by atoms with Gasteiger partial charge >= 0.3 is 0 Å². The maximum Gasteiger partial charge on any atom is 0.217 e. The van der Waals surface area contributed by atoms with Crippen LogP contribution < -0.4 is 21.3 Å². The average Bonchev–Trinajstić information content (AvgIpc) is 0.815. The quantitative estimate of drug-likeness (QED) is 0.0452. The molecule has 1 unspecified atom stereocenters. The van der Waals surface area contributed by atoms with Crippen LogP contribution in [-0.4, -0.2) is 382 Å². The zero-order chi connectivity index (χ0) is 66.5. The SMILES string of the molecule is CC(=O)N[C@H]1[C@H](OC[C@H]2OC(O)[C@H](O)[C@@H](O[C@@H]3O[C@H](CO)[C@@H](O[C@@H]4O[C@H](CO)[C@H](O)[C@H](O[C@@H]5O[C@H](CO)[C@@H](O)[C@H](O)[C@H]5NC(C)=O)[C@H]4O)[C@H](O)[C@H]3NC(C)=O)[C@H]2O)O[C@H](CO)[C@@H](O[C@@H]2O[C@H](CO)[C@H](O)[C@H](O[C@@H]3O[C@H](CO)[C@@H](O)[C@H](O)[C@H]3NC(C)=O)[C@H]2O)[C@@H]1O. The molecule has 0 aromatic rings. The van der Waals surface area contributed by atoms with Crippen LogP contribution in [0.1, 0.15) is 27.7 Å². The number of ether oxygens (including phenoxy) is 13. The van der Waals surface area contributed by atoms with Crippen molar-refractivity contribution in [2.24, 2.45) is 0 Å². The number of nitrogens with one attached hydrogen (secondary N) is 4. The fourth-order valence-corrected chi connectivity index (χ4v) is 11.5. The van der Waals surface area contributed by atoms with Gasteiger partial charge in [-0.3, -0.25) is 19.2 Å². The van der Waals surface area contributed by atoms with Gasteiger partial charge in [-0.15, -0.1) is 0 Å². The Morgan fingerprint density at radius 3 is 0.900 bits per heavy atom. The number of hydrogen-bond donors (Lipinski definition) is 23. The molecule has 40 nitrogen and oxygen atoms in total. The monoisotopic (exact) mass is 1320 g/mol. The Balaban J connectivity index is 1.04. The molecule has 7 fully saturated rings. The molecule has 0 bridgehead atoms. The van der Waals surface area contributed by atoms with Gasteiger partial charge in [-0.2, -0.15) is 0 Å². The Hall–Kier alpha value is -3.40. The maximum atomic E-state index is 12.7. The smallest absolute Gasteiger partial charge is 0.217 e.